The number of rotatable bonds is 6. The molecule has 0 aliphatic heterocycles. The molecule has 2 fully saturated rings. The molecule has 35 heavy (non-hydrogen) atoms. The summed E-state index contributed by atoms with van der Waals surface area (Å²) >= 11 is 0. The van der Waals surface area contributed by atoms with Gasteiger partial charge in [0.25, 0.3) is 0 Å². The molecule has 4 aliphatic rings. The topological polar surface area (TPSA) is 94.8 Å². The first-order valence-corrected chi connectivity index (χ1v) is 13.9. The quantitative estimate of drug-likeness (QED) is 0.404. The third-order valence-electron chi connectivity index (χ3n) is 11.8. The van der Waals surface area contributed by atoms with Crippen LogP contribution in [-0.4, -0.2) is 38.8 Å². The molecule has 0 amide bonds. The summed E-state index contributed by atoms with van der Waals surface area (Å²) in [4.78, 5) is 26.1. The Morgan fingerprint density at radius 3 is 2.26 bits per heavy atom. The maximum atomic E-state index is 13.3. The summed E-state index contributed by atoms with van der Waals surface area (Å²) in [5.74, 6) is 0.534. The van der Waals surface area contributed by atoms with Gasteiger partial charge in [0.2, 0.25) is 0 Å². The van der Waals surface area contributed by atoms with E-state index < -0.39 is 23.1 Å². The van der Waals surface area contributed by atoms with E-state index in [4.69, 9.17) is 0 Å². The summed E-state index contributed by atoms with van der Waals surface area (Å²) < 4.78 is 0. The minimum Gasteiger partial charge on any atom is -0.481 e. The molecule has 0 aromatic heterocycles. The second-order valence-electron chi connectivity index (χ2n) is 14.1. The molecule has 0 bridgehead atoms. The number of Topliss-reactive ketones (excluding diaryl/α,β-unsaturated/α-hetero) is 1. The average Bonchev–Trinajstić information content (AvgIpc) is 3.08. The molecule has 0 saturated heterocycles. The normalized spacial score (nSPS) is 40.5. The van der Waals surface area contributed by atoms with Gasteiger partial charge in [-0.2, -0.15) is 0 Å². The number of carbonyl (C=O) groups excluding carboxylic acids is 1. The molecule has 0 aromatic rings. The fourth-order valence-electron chi connectivity index (χ4n) is 9.53. The first-order chi connectivity index (χ1) is 16.0. The number of hydrogen-bond acceptors (Lipinski definition) is 4. The van der Waals surface area contributed by atoms with E-state index >= 15 is 0 Å². The van der Waals surface area contributed by atoms with Gasteiger partial charge in [-0.1, -0.05) is 45.8 Å². The summed E-state index contributed by atoms with van der Waals surface area (Å²) in [5.41, 5.74) is -0.133. The van der Waals surface area contributed by atoms with Gasteiger partial charge in [-0.05, 0) is 100 Å². The highest BCUT2D eigenvalue weighted by Gasteiger charge is 2.68. The predicted molar refractivity (Wildman–Crippen MR) is 137 cm³/mol. The van der Waals surface area contributed by atoms with Crippen molar-refractivity contribution in [1.29, 1.82) is 0 Å². The van der Waals surface area contributed by atoms with Crippen LogP contribution in [0, 0.1) is 39.4 Å². The SMILES string of the molecule is C[C@H](CC[C@H](O)C(C)(C)O)[C@H]1CC[C@@]2(C(=O)O)C3=C(CC[C@]12C)[C@@]1(C)CCC(=O)C(C)(C)[C@@H]1CC3. The Labute approximate surface area is 211 Å². The van der Waals surface area contributed by atoms with E-state index in [1.54, 1.807) is 13.8 Å². The third-order valence-corrected chi connectivity index (χ3v) is 11.8. The number of fused-ring (bicyclic) bond motifs is 4. The number of hydrogen-bond donors (Lipinski definition) is 3. The van der Waals surface area contributed by atoms with Gasteiger partial charge < -0.3 is 15.3 Å². The highest BCUT2D eigenvalue weighted by molar-refractivity contribution is 5.86. The van der Waals surface area contributed by atoms with Gasteiger partial charge in [0.1, 0.15) is 5.78 Å². The number of carboxylic acid groups (broad SMARTS) is 1. The fraction of sp³-hybridized carbons (Fsp3) is 0.867. The molecule has 0 aromatic carbocycles. The Kier molecular flexibility index (Phi) is 6.45. The summed E-state index contributed by atoms with van der Waals surface area (Å²) in [6.45, 7) is 14.3. The van der Waals surface area contributed by atoms with E-state index in [0.717, 1.165) is 44.9 Å². The van der Waals surface area contributed by atoms with Crippen molar-refractivity contribution in [2.24, 2.45) is 39.4 Å². The van der Waals surface area contributed by atoms with Crippen LogP contribution < -0.4 is 0 Å². The van der Waals surface area contributed by atoms with Gasteiger partial charge in [-0.15, -0.1) is 0 Å². The van der Waals surface area contributed by atoms with Gasteiger partial charge in [0.05, 0.1) is 17.1 Å². The molecular weight excluding hydrogens is 440 g/mol. The number of allylic oxidation sites excluding steroid dienone is 1. The molecule has 3 N–H and O–H groups in total. The zero-order valence-corrected chi connectivity index (χ0v) is 23.0. The van der Waals surface area contributed by atoms with Crippen molar-refractivity contribution in [2.45, 2.75) is 124 Å². The molecule has 0 heterocycles. The smallest absolute Gasteiger partial charge is 0.314 e. The maximum absolute atomic E-state index is 13.3. The van der Waals surface area contributed by atoms with Crippen molar-refractivity contribution in [3.8, 4) is 0 Å². The number of carbonyl (C=O) groups is 2. The van der Waals surface area contributed by atoms with Gasteiger partial charge in [0.15, 0.2) is 0 Å². The van der Waals surface area contributed by atoms with Crippen molar-refractivity contribution in [3.63, 3.8) is 0 Å². The van der Waals surface area contributed by atoms with Crippen molar-refractivity contribution in [1.82, 2.24) is 0 Å². The van der Waals surface area contributed by atoms with Crippen molar-refractivity contribution >= 4 is 11.8 Å². The molecule has 5 nitrogen and oxygen atoms in total. The Morgan fingerprint density at radius 2 is 1.66 bits per heavy atom. The van der Waals surface area contributed by atoms with E-state index in [9.17, 15) is 24.9 Å². The van der Waals surface area contributed by atoms with Crippen LogP contribution in [-0.2, 0) is 9.59 Å². The lowest BCUT2D eigenvalue weighted by molar-refractivity contribution is -0.157. The van der Waals surface area contributed by atoms with E-state index in [-0.39, 0.29) is 34.0 Å². The second-order valence-corrected chi connectivity index (χ2v) is 14.1. The lowest BCUT2D eigenvalue weighted by Gasteiger charge is -2.60. The van der Waals surface area contributed by atoms with Crippen molar-refractivity contribution in [3.05, 3.63) is 11.1 Å². The number of aliphatic carboxylic acids is 1. The molecule has 0 unspecified atom stereocenters. The molecule has 0 spiro atoms. The van der Waals surface area contributed by atoms with Gasteiger partial charge >= 0.3 is 5.97 Å². The summed E-state index contributed by atoms with van der Waals surface area (Å²) in [6.07, 6.45) is 7.05. The van der Waals surface area contributed by atoms with Crippen LogP contribution in [0.3, 0.4) is 0 Å². The van der Waals surface area contributed by atoms with Crippen LogP contribution in [0.5, 0.6) is 0 Å². The Balaban J connectivity index is 1.70. The van der Waals surface area contributed by atoms with Gasteiger partial charge in [-0.3, -0.25) is 9.59 Å². The summed E-state index contributed by atoms with van der Waals surface area (Å²) in [7, 11) is 0. The van der Waals surface area contributed by atoms with E-state index in [2.05, 4.69) is 34.6 Å². The molecular formula is C30H48O5. The largest absolute Gasteiger partial charge is 0.481 e. The van der Waals surface area contributed by atoms with Gasteiger partial charge in [-0.25, -0.2) is 0 Å². The summed E-state index contributed by atoms with van der Waals surface area (Å²) in [6, 6.07) is 0. The molecule has 198 valence electrons. The van der Waals surface area contributed by atoms with Crippen LogP contribution >= 0.6 is 0 Å². The lowest BCUT2D eigenvalue weighted by Crippen LogP contribution is -2.56. The minimum atomic E-state index is -1.13. The zero-order valence-electron chi connectivity index (χ0n) is 23.0. The lowest BCUT2D eigenvalue weighted by atomic mass is 9.43. The standard InChI is InChI=1S/C30H48O5/c1-18(8-11-24(32)27(4,5)35)19-13-17-30(25(33)34)21-9-10-22-26(2,3)23(31)14-15-28(22,6)20(21)12-16-29(19,30)7/h18-19,22,24,32,35H,8-17H2,1-7H3,(H,33,34)/t18-,19-,22+,24+,28-,29-,30+/m1/s1. The van der Waals surface area contributed by atoms with Crippen LogP contribution in [0.1, 0.15) is 113 Å². The zero-order chi connectivity index (χ0) is 26.2. The molecule has 5 heteroatoms. The molecule has 7 atom stereocenters. The summed E-state index contributed by atoms with van der Waals surface area (Å²) in [5, 5.41) is 31.4. The predicted octanol–water partition coefficient (Wildman–Crippen LogP) is 5.92. The van der Waals surface area contributed by atoms with Crippen LogP contribution in [0.4, 0.5) is 0 Å². The van der Waals surface area contributed by atoms with Crippen molar-refractivity contribution < 1.29 is 24.9 Å². The van der Waals surface area contributed by atoms with Crippen LogP contribution in [0.25, 0.3) is 0 Å². The molecule has 0 radical (unpaired) electrons. The number of aliphatic hydroxyl groups is 2. The van der Waals surface area contributed by atoms with Crippen LogP contribution in [0.15, 0.2) is 11.1 Å². The maximum Gasteiger partial charge on any atom is 0.314 e. The minimum absolute atomic E-state index is 0.0880. The Morgan fingerprint density at radius 1 is 1.00 bits per heavy atom. The number of ketones is 1. The van der Waals surface area contributed by atoms with E-state index in [1.165, 1.54) is 11.1 Å². The van der Waals surface area contributed by atoms with E-state index in [0.29, 0.717) is 25.0 Å². The van der Waals surface area contributed by atoms with Gasteiger partial charge in [0, 0.05) is 11.8 Å². The number of aliphatic hydroxyl groups excluding tert-OH is 1. The highest BCUT2D eigenvalue weighted by Crippen LogP contribution is 2.72. The van der Waals surface area contributed by atoms with E-state index in [1.807, 2.05) is 0 Å². The number of carboxylic acids is 1. The third kappa shape index (κ3) is 3.69. The first-order valence-electron chi connectivity index (χ1n) is 13.9. The second kappa shape index (κ2) is 8.41. The van der Waals surface area contributed by atoms with Crippen molar-refractivity contribution in [2.75, 3.05) is 0 Å². The Bertz CT molecular complexity index is 926. The molecule has 2 saturated carbocycles. The fourth-order valence-corrected chi connectivity index (χ4v) is 9.53. The Hall–Kier alpha value is -1.20. The molecule has 4 aliphatic carbocycles. The van der Waals surface area contributed by atoms with Crippen LogP contribution in [0.2, 0.25) is 0 Å². The first kappa shape index (κ1) is 26.9. The monoisotopic (exact) mass is 488 g/mol. The molecule has 4 rings (SSSR count). The highest BCUT2D eigenvalue weighted by atomic mass is 16.4. The average molecular weight is 489 g/mol.